The molecular formula is C52H33NOS. The van der Waals surface area contributed by atoms with Crippen LogP contribution in [0.3, 0.4) is 0 Å². The lowest BCUT2D eigenvalue weighted by Gasteiger charge is -2.28. The molecule has 11 aromatic rings. The predicted octanol–water partition coefficient (Wildman–Crippen LogP) is 15.6. The van der Waals surface area contributed by atoms with Crippen molar-refractivity contribution < 1.29 is 4.42 Å². The monoisotopic (exact) mass is 719 g/mol. The molecule has 2 heterocycles. The second-order valence-corrected chi connectivity index (χ2v) is 15.1. The number of fused-ring (bicyclic) bond motifs is 7. The van der Waals surface area contributed by atoms with Gasteiger partial charge in [-0.25, -0.2) is 0 Å². The van der Waals surface area contributed by atoms with Gasteiger partial charge in [-0.15, -0.1) is 11.3 Å². The minimum atomic E-state index is 0.908. The Hall–Kier alpha value is -6.94. The normalized spacial score (nSPS) is 11.6. The molecular weight excluding hydrogens is 687 g/mol. The van der Waals surface area contributed by atoms with Crippen LogP contribution < -0.4 is 4.90 Å². The highest BCUT2D eigenvalue weighted by Crippen LogP contribution is 2.48. The molecule has 55 heavy (non-hydrogen) atoms. The summed E-state index contributed by atoms with van der Waals surface area (Å²) in [7, 11) is 0. The van der Waals surface area contributed by atoms with E-state index in [1.807, 2.05) is 23.5 Å². The number of hydrogen-bond acceptors (Lipinski definition) is 3. The van der Waals surface area contributed by atoms with Crippen LogP contribution in [0.5, 0.6) is 0 Å². The van der Waals surface area contributed by atoms with E-state index >= 15 is 0 Å². The van der Waals surface area contributed by atoms with Gasteiger partial charge in [0.1, 0.15) is 11.2 Å². The van der Waals surface area contributed by atoms with Crippen molar-refractivity contribution in [2.75, 3.05) is 4.90 Å². The van der Waals surface area contributed by atoms with Crippen molar-refractivity contribution in [3.8, 4) is 33.4 Å². The van der Waals surface area contributed by atoms with Crippen LogP contribution in [0.4, 0.5) is 17.1 Å². The maximum absolute atomic E-state index is 6.14. The highest BCUT2D eigenvalue weighted by atomic mass is 32.1. The van der Waals surface area contributed by atoms with Gasteiger partial charge in [0.25, 0.3) is 0 Å². The maximum Gasteiger partial charge on any atom is 0.135 e. The lowest BCUT2D eigenvalue weighted by Crippen LogP contribution is -2.11. The van der Waals surface area contributed by atoms with Crippen LogP contribution >= 0.6 is 11.3 Å². The van der Waals surface area contributed by atoms with Gasteiger partial charge in [-0.1, -0.05) is 146 Å². The fraction of sp³-hybridized carbons (Fsp3) is 0. The van der Waals surface area contributed by atoms with E-state index in [-0.39, 0.29) is 0 Å². The molecule has 3 heteroatoms. The van der Waals surface area contributed by atoms with Gasteiger partial charge in [0, 0.05) is 37.5 Å². The molecule has 0 aliphatic rings. The van der Waals surface area contributed by atoms with Gasteiger partial charge in [0.15, 0.2) is 0 Å². The fourth-order valence-electron chi connectivity index (χ4n) is 8.27. The second kappa shape index (κ2) is 12.9. The summed E-state index contributed by atoms with van der Waals surface area (Å²) in [5.41, 5.74) is 12.3. The first-order chi connectivity index (χ1) is 27.3. The summed E-state index contributed by atoms with van der Waals surface area (Å²) in [6.45, 7) is 0. The summed E-state index contributed by atoms with van der Waals surface area (Å²) in [5.74, 6) is 0. The molecule has 11 rings (SSSR count). The van der Waals surface area contributed by atoms with Gasteiger partial charge in [-0.3, -0.25) is 0 Å². The molecule has 0 aliphatic heterocycles. The lowest BCUT2D eigenvalue weighted by molar-refractivity contribution is 0.669. The Morgan fingerprint density at radius 3 is 1.89 bits per heavy atom. The lowest BCUT2D eigenvalue weighted by atomic mass is 9.94. The van der Waals surface area contributed by atoms with E-state index in [9.17, 15) is 0 Å². The Morgan fingerprint density at radius 2 is 0.982 bits per heavy atom. The van der Waals surface area contributed by atoms with Gasteiger partial charge < -0.3 is 9.32 Å². The summed E-state index contributed by atoms with van der Waals surface area (Å²) >= 11 is 1.86. The van der Waals surface area contributed by atoms with E-state index in [0.717, 1.165) is 50.1 Å². The third-order valence-electron chi connectivity index (χ3n) is 10.9. The second-order valence-electron chi connectivity index (χ2n) is 14.1. The average molecular weight is 720 g/mol. The highest BCUT2D eigenvalue weighted by Gasteiger charge is 2.21. The van der Waals surface area contributed by atoms with Crippen LogP contribution in [0.1, 0.15) is 0 Å². The molecule has 0 spiro atoms. The van der Waals surface area contributed by atoms with Crippen molar-refractivity contribution in [3.63, 3.8) is 0 Å². The number of hydrogen-bond donors (Lipinski definition) is 0. The molecule has 9 aromatic carbocycles. The molecule has 258 valence electrons. The Labute approximate surface area is 322 Å². The van der Waals surface area contributed by atoms with E-state index in [4.69, 9.17) is 4.42 Å². The number of anilines is 3. The molecule has 0 fully saturated rings. The Kier molecular flexibility index (Phi) is 7.39. The topological polar surface area (TPSA) is 16.4 Å². The smallest absolute Gasteiger partial charge is 0.135 e. The molecule has 0 saturated heterocycles. The maximum atomic E-state index is 6.14. The average Bonchev–Trinajstić information content (AvgIpc) is 3.83. The van der Waals surface area contributed by atoms with E-state index < -0.39 is 0 Å². The number of nitrogens with zero attached hydrogens (tertiary/aromatic N) is 1. The summed E-state index contributed by atoms with van der Waals surface area (Å²) in [5, 5.41) is 7.34. The van der Waals surface area contributed by atoms with E-state index in [1.165, 1.54) is 53.2 Å². The fourth-order valence-corrected chi connectivity index (χ4v) is 9.48. The molecule has 0 atom stereocenters. The van der Waals surface area contributed by atoms with Crippen LogP contribution in [-0.2, 0) is 0 Å². The zero-order valence-electron chi connectivity index (χ0n) is 29.8. The van der Waals surface area contributed by atoms with Crippen LogP contribution in [-0.4, -0.2) is 0 Å². The molecule has 2 nitrogen and oxygen atoms in total. The van der Waals surface area contributed by atoms with Crippen LogP contribution in [0.2, 0.25) is 0 Å². The number of para-hydroxylation sites is 2. The van der Waals surface area contributed by atoms with Crippen molar-refractivity contribution in [1.82, 2.24) is 0 Å². The van der Waals surface area contributed by atoms with E-state index in [0.29, 0.717) is 0 Å². The molecule has 0 saturated carbocycles. The number of benzene rings is 9. The summed E-state index contributed by atoms with van der Waals surface area (Å²) < 4.78 is 8.70. The summed E-state index contributed by atoms with van der Waals surface area (Å²) in [6, 6.07) is 72.3. The molecule has 0 N–H and O–H groups in total. The zero-order valence-corrected chi connectivity index (χ0v) is 30.6. The van der Waals surface area contributed by atoms with Crippen molar-refractivity contribution in [3.05, 3.63) is 200 Å². The largest absolute Gasteiger partial charge is 0.456 e. The van der Waals surface area contributed by atoms with Gasteiger partial charge >= 0.3 is 0 Å². The van der Waals surface area contributed by atoms with E-state index in [1.54, 1.807) is 0 Å². The molecule has 0 radical (unpaired) electrons. The first-order valence-corrected chi connectivity index (χ1v) is 19.5. The quantitative estimate of drug-likeness (QED) is 0.170. The number of furan rings is 1. The highest BCUT2D eigenvalue weighted by molar-refractivity contribution is 7.26. The predicted molar refractivity (Wildman–Crippen MR) is 235 cm³/mol. The third kappa shape index (κ3) is 5.32. The van der Waals surface area contributed by atoms with Gasteiger partial charge in [0.05, 0.1) is 16.1 Å². The summed E-state index contributed by atoms with van der Waals surface area (Å²) in [6.07, 6.45) is 0. The molecule has 2 aromatic heterocycles. The van der Waals surface area contributed by atoms with Crippen molar-refractivity contribution in [2.45, 2.75) is 0 Å². The standard InChI is InChI=1S/C52H33NOS/c1-2-16-40-35(12-1)13-10-20-41(40)37-14-9-15-38(32-37)42-17-3-6-22-47(42)53(48-23-11-21-45-44-19-5-8-25-51(44)55-52(45)48)39-29-26-34(27-30-39)36-28-31-50-46(33-36)43-18-4-7-24-49(43)54-50/h1-33H. The first-order valence-electron chi connectivity index (χ1n) is 18.7. The Bertz CT molecular complexity index is 3220. The SMILES string of the molecule is c1cc(-c2ccccc2N(c2ccc(-c3ccc4oc5ccccc5c4c3)cc2)c2cccc3c2sc2ccccc23)cc(-c2cccc3ccccc23)c1. The molecule has 0 amide bonds. The zero-order chi connectivity index (χ0) is 36.3. The Balaban J connectivity index is 1.08. The van der Waals surface area contributed by atoms with Gasteiger partial charge in [0.2, 0.25) is 0 Å². The first kappa shape index (κ1) is 31.6. The number of thiophene rings is 1. The van der Waals surface area contributed by atoms with Crippen LogP contribution in [0.25, 0.3) is 86.3 Å². The minimum Gasteiger partial charge on any atom is -0.456 e. The van der Waals surface area contributed by atoms with Crippen LogP contribution in [0, 0.1) is 0 Å². The molecule has 0 aliphatic carbocycles. The third-order valence-corrected chi connectivity index (χ3v) is 12.1. The number of rotatable bonds is 6. The van der Waals surface area contributed by atoms with Gasteiger partial charge in [-0.2, -0.15) is 0 Å². The van der Waals surface area contributed by atoms with Crippen LogP contribution in [0.15, 0.2) is 205 Å². The van der Waals surface area contributed by atoms with Gasteiger partial charge in [-0.05, 0) is 93.2 Å². The van der Waals surface area contributed by atoms with Crippen molar-refractivity contribution >= 4 is 81.3 Å². The minimum absolute atomic E-state index is 0.908. The van der Waals surface area contributed by atoms with Crippen molar-refractivity contribution in [2.24, 2.45) is 0 Å². The molecule has 0 unspecified atom stereocenters. The summed E-state index contributed by atoms with van der Waals surface area (Å²) in [4.78, 5) is 2.45. The van der Waals surface area contributed by atoms with Crippen molar-refractivity contribution in [1.29, 1.82) is 0 Å². The Morgan fingerprint density at radius 1 is 0.364 bits per heavy atom. The van der Waals surface area contributed by atoms with E-state index in [2.05, 4.69) is 193 Å². The molecule has 0 bridgehead atoms.